The van der Waals surface area contributed by atoms with Gasteiger partial charge in [0.25, 0.3) is 0 Å². The topological polar surface area (TPSA) is 99.3 Å². The molecule has 0 radical (unpaired) electrons. The van der Waals surface area contributed by atoms with Crippen molar-refractivity contribution in [2.45, 2.75) is 30.7 Å². The molecule has 1 aromatic rings. The number of hydrogen-bond donors (Lipinski definition) is 3. The lowest BCUT2D eigenvalue weighted by atomic mass is 10.0. The molecule has 0 saturated heterocycles. The SMILES string of the molecule is CCC(C)(NS(=O)(=O)c1cc[nH]c1)C(=O)O. The molecule has 0 saturated carbocycles. The highest BCUT2D eigenvalue weighted by Crippen LogP contribution is 2.15. The summed E-state index contributed by atoms with van der Waals surface area (Å²) in [5.74, 6) is -1.20. The van der Waals surface area contributed by atoms with Crippen molar-refractivity contribution in [3.8, 4) is 0 Å². The van der Waals surface area contributed by atoms with E-state index in [4.69, 9.17) is 5.11 Å². The third-order valence-corrected chi connectivity index (χ3v) is 4.01. The Morgan fingerprint density at radius 3 is 2.62 bits per heavy atom. The summed E-state index contributed by atoms with van der Waals surface area (Å²) in [5, 5.41) is 8.96. The Balaban J connectivity index is 3.01. The molecular weight excluding hydrogens is 232 g/mol. The highest BCUT2D eigenvalue weighted by atomic mass is 32.2. The normalized spacial score (nSPS) is 15.6. The Bertz CT molecular complexity index is 466. The van der Waals surface area contributed by atoms with E-state index in [0.29, 0.717) is 0 Å². The van der Waals surface area contributed by atoms with E-state index in [9.17, 15) is 13.2 Å². The average Bonchev–Trinajstić information content (AvgIpc) is 2.70. The minimum absolute atomic E-state index is 0.0217. The quantitative estimate of drug-likeness (QED) is 0.706. The number of aliphatic carboxylic acids is 1. The highest BCUT2D eigenvalue weighted by molar-refractivity contribution is 7.89. The fourth-order valence-corrected chi connectivity index (χ4v) is 2.51. The first-order chi connectivity index (χ1) is 7.32. The average molecular weight is 246 g/mol. The zero-order valence-corrected chi connectivity index (χ0v) is 9.84. The molecule has 1 aromatic heterocycles. The number of hydrogen-bond acceptors (Lipinski definition) is 3. The summed E-state index contributed by atoms with van der Waals surface area (Å²) in [6.45, 7) is 2.94. The third kappa shape index (κ3) is 2.42. The zero-order chi connectivity index (χ0) is 12.4. The first kappa shape index (κ1) is 12.7. The van der Waals surface area contributed by atoms with Crippen LogP contribution in [-0.4, -0.2) is 30.0 Å². The second-order valence-electron chi connectivity index (χ2n) is 3.64. The fraction of sp³-hybridized carbons (Fsp3) is 0.444. The van der Waals surface area contributed by atoms with E-state index in [1.807, 2.05) is 0 Å². The predicted molar refractivity (Wildman–Crippen MR) is 57.4 cm³/mol. The van der Waals surface area contributed by atoms with Crippen LogP contribution in [-0.2, 0) is 14.8 Å². The van der Waals surface area contributed by atoms with Crippen LogP contribution >= 0.6 is 0 Å². The molecule has 16 heavy (non-hydrogen) atoms. The van der Waals surface area contributed by atoms with Crippen LogP contribution < -0.4 is 4.72 Å². The molecule has 3 N–H and O–H groups in total. The first-order valence-electron chi connectivity index (χ1n) is 4.72. The van der Waals surface area contributed by atoms with Crippen molar-refractivity contribution in [1.82, 2.24) is 9.71 Å². The van der Waals surface area contributed by atoms with E-state index in [2.05, 4.69) is 9.71 Å². The predicted octanol–water partition coefficient (Wildman–Crippen LogP) is 0.546. The summed E-state index contributed by atoms with van der Waals surface area (Å²) in [7, 11) is -3.79. The summed E-state index contributed by atoms with van der Waals surface area (Å²) >= 11 is 0. The van der Waals surface area contributed by atoms with Crippen molar-refractivity contribution in [3.05, 3.63) is 18.5 Å². The van der Waals surface area contributed by atoms with Crippen LogP contribution in [0.4, 0.5) is 0 Å². The van der Waals surface area contributed by atoms with Gasteiger partial charge in [0.15, 0.2) is 0 Å². The standard InChI is InChI=1S/C9H14N2O4S/c1-3-9(2,8(12)13)11-16(14,15)7-4-5-10-6-7/h4-6,10-11H,3H2,1-2H3,(H,12,13). The van der Waals surface area contributed by atoms with E-state index >= 15 is 0 Å². The van der Waals surface area contributed by atoms with Crippen LogP contribution in [0, 0.1) is 0 Å². The van der Waals surface area contributed by atoms with Crippen molar-refractivity contribution < 1.29 is 18.3 Å². The molecule has 0 aliphatic heterocycles. The molecule has 6 nitrogen and oxygen atoms in total. The molecule has 1 atom stereocenters. The Morgan fingerprint density at radius 1 is 1.62 bits per heavy atom. The first-order valence-corrected chi connectivity index (χ1v) is 6.20. The molecule has 0 aliphatic carbocycles. The van der Waals surface area contributed by atoms with E-state index in [0.717, 1.165) is 0 Å². The van der Waals surface area contributed by atoms with Crippen LogP contribution in [0.15, 0.2) is 23.4 Å². The number of aromatic nitrogens is 1. The summed E-state index contributed by atoms with van der Waals surface area (Å²) in [6, 6.07) is 1.36. The Labute approximate surface area is 93.7 Å². The monoisotopic (exact) mass is 246 g/mol. The molecule has 1 heterocycles. The van der Waals surface area contributed by atoms with Gasteiger partial charge in [-0.05, 0) is 19.4 Å². The maximum absolute atomic E-state index is 11.8. The minimum atomic E-state index is -3.79. The molecule has 0 aliphatic rings. The van der Waals surface area contributed by atoms with Crippen molar-refractivity contribution in [3.63, 3.8) is 0 Å². The van der Waals surface area contributed by atoms with Gasteiger partial charge >= 0.3 is 5.97 Å². The van der Waals surface area contributed by atoms with Crippen molar-refractivity contribution in [1.29, 1.82) is 0 Å². The Morgan fingerprint density at radius 2 is 2.25 bits per heavy atom. The van der Waals surface area contributed by atoms with Gasteiger partial charge in [0.1, 0.15) is 5.54 Å². The second kappa shape index (κ2) is 4.26. The van der Waals surface area contributed by atoms with Crippen LogP contribution in [0.1, 0.15) is 20.3 Å². The molecule has 1 unspecified atom stereocenters. The van der Waals surface area contributed by atoms with Gasteiger partial charge in [-0.2, -0.15) is 4.72 Å². The van der Waals surface area contributed by atoms with Crippen LogP contribution in [0.5, 0.6) is 0 Å². The largest absolute Gasteiger partial charge is 0.480 e. The maximum Gasteiger partial charge on any atom is 0.324 e. The summed E-state index contributed by atoms with van der Waals surface area (Å²) in [6.07, 6.45) is 2.91. The molecule has 1 rings (SSSR count). The van der Waals surface area contributed by atoms with Gasteiger partial charge in [-0.15, -0.1) is 0 Å². The number of sulfonamides is 1. The van der Waals surface area contributed by atoms with Gasteiger partial charge in [-0.3, -0.25) is 4.79 Å². The Hall–Kier alpha value is -1.34. The molecule has 0 aromatic carbocycles. The van der Waals surface area contributed by atoms with Gasteiger partial charge in [0, 0.05) is 12.4 Å². The van der Waals surface area contributed by atoms with E-state index in [1.165, 1.54) is 25.4 Å². The smallest absolute Gasteiger partial charge is 0.324 e. The summed E-state index contributed by atoms with van der Waals surface area (Å²) in [4.78, 5) is 13.6. The van der Waals surface area contributed by atoms with Crippen molar-refractivity contribution in [2.75, 3.05) is 0 Å². The van der Waals surface area contributed by atoms with E-state index < -0.39 is 21.5 Å². The number of carboxylic acid groups (broad SMARTS) is 1. The number of rotatable bonds is 5. The lowest BCUT2D eigenvalue weighted by Gasteiger charge is -2.23. The molecule has 0 fully saturated rings. The van der Waals surface area contributed by atoms with Gasteiger partial charge < -0.3 is 10.1 Å². The fourth-order valence-electron chi connectivity index (χ4n) is 1.10. The summed E-state index contributed by atoms with van der Waals surface area (Å²) in [5.41, 5.74) is -1.49. The van der Waals surface area contributed by atoms with Gasteiger partial charge in [-0.1, -0.05) is 6.92 Å². The molecule has 0 spiro atoms. The minimum Gasteiger partial charge on any atom is -0.480 e. The van der Waals surface area contributed by atoms with Gasteiger partial charge in [0.05, 0.1) is 4.90 Å². The molecule has 0 bridgehead atoms. The van der Waals surface area contributed by atoms with Crippen LogP contribution in [0.25, 0.3) is 0 Å². The third-order valence-electron chi connectivity index (χ3n) is 2.42. The number of aromatic amines is 1. The Kier molecular flexibility index (Phi) is 3.39. The van der Waals surface area contributed by atoms with Crippen LogP contribution in [0.2, 0.25) is 0 Å². The molecule has 7 heteroatoms. The number of nitrogens with one attached hydrogen (secondary N) is 2. The number of H-pyrrole nitrogens is 1. The zero-order valence-electron chi connectivity index (χ0n) is 9.02. The van der Waals surface area contributed by atoms with Gasteiger partial charge in [0.2, 0.25) is 10.0 Å². The lowest BCUT2D eigenvalue weighted by molar-refractivity contribution is -0.143. The molecular formula is C9H14N2O4S. The summed E-state index contributed by atoms with van der Waals surface area (Å²) < 4.78 is 25.7. The second-order valence-corrected chi connectivity index (χ2v) is 5.33. The highest BCUT2D eigenvalue weighted by Gasteiger charge is 2.36. The van der Waals surface area contributed by atoms with Crippen molar-refractivity contribution in [2.24, 2.45) is 0 Å². The lowest BCUT2D eigenvalue weighted by Crippen LogP contribution is -2.51. The number of carboxylic acids is 1. The molecule has 0 amide bonds. The van der Waals surface area contributed by atoms with Gasteiger partial charge in [-0.25, -0.2) is 8.42 Å². The van der Waals surface area contributed by atoms with Crippen LogP contribution in [0.3, 0.4) is 0 Å². The molecule has 90 valence electrons. The maximum atomic E-state index is 11.8. The van der Waals surface area contributed by atoms with E-state index in [-0.39, 0.29) is 11.3 Å². The van der Waals surface area contributed by atoms with Crippen molar-refractivity contribution >= 4 is 16.0 Å². The van der Waals surface area contributed by atoms with E-state index in [1.54, 1.807) is 6.92 Å². The number of carbonyl (C=O) groups is 1.